The van der Waals surface area contributed by atoms with Crippen molar-refractivity contribution in [1.29, 1.82) is 0 Å². The zero-order chi connectivity index (χ0) is 33.2. The van der Waals surface area contributed by atoms with Gasteiger partial charge in [-0.2, -0.15) is 0 Å². The SMILES string of the molecule is Cc1cc(CC(OC(=O)N2CCC(N3CCc4ccccc4NC3=O)CC2)C(=O)N2CCN(C3CCCCC3)CC2)cc2oc(=O)[nH]c12. The first-order chi connectivity index (χ1) is 23.3. The average molecular weight is 659 g/mol. The van der Waals surface area contributed by atoms with Crippen LogP contribution in [0.5, 0.6) is 0 Å². The second-order valence-electron chi connectivity index (χ2n) is 13.8. The van der Waals surface area contributed by atoms with E-state index in [1.165, 1.54) is 32.1 Å². The normalized spacial score (nSPS) is 20.7. The summed E-state index contributed by atoms with van der Waals surface area (Å²) in [5.41, 5.74) is 4.57. The minimum absolute atomic E-state index is 0.00644. The molecule has 3 fully saturated rings. The summed E-state index contributed by atoms with van der Waals surface area (Å²) in [5, 5.41) is 3.04. The minimum atomic E-state index is -1.02. The molecule has 0 bridgehead atoms. The molecule has 7 rings (SSSR count). The van der Waals surface area contributed by atoms with Crippen molar-refractivity contribution in [1.82, 2.24) is 24.6 Å². The second kappa shape index (κ2) is 14.0. The first kappa shape index (κ1) is 32.2. The molecule has 4 aliphatic rings. The van der Waals surface area contributed by atoms with E-state index in [1.54, 1.807) is 11.0 Å². The Hall–Kier alpha value is -4.32. The molecule has 1 saturated carbocycles. The highest BCUT2D eigenvalue weighted by molar-refractivity contribution is 5.91. The number of para-hydroxylation sites is 1. The Bertz CT molecular complexity index is 1700. The molecule has 2 aromatic carbocycles. The maximum Gasteiger partial charge on any atom is 0.417 e. The van der Waals surface area contributed by atoms with Crippen molar-refractivity contribution in [2.75, 3.05) is 51.1 Å². The van der Waals surface area contributed by atoms with Crippen LogP contribution in [0.1, 0.15) is 61.6 Å². The van der Waals surface area contributed by atoms with Crippen LogP contribution in [0.2, 0.25) is 0 Å². The smallest absolute Gasteiger partial charge is 0.417 e. The summed E-state index contributed by atoms with van der Waals surface area (Å²) in [6, 6.07) is 12.0. The maximum absolute atomic E-state index is 14.1. The molecule has 256 valence electrons. The van der Waals surface area contributed by atoms with E-state index in [1.807, 2.05) is 47.1 Å². The summed E-state index contributed by atoms with van der Waals surface area (Å²) >= 11 is 0. The summed E-state index contributed by atoms with van der Waals surface area (Å²) in [5.74, 6) is -0.735. The van der Waals surface area contributed by atoms with E-state index in [2.05, 4.69) is 15.2 Å². The molecule has 0 spiro atoms. The molecule has 2 saturated heterocycles. The van der Waals surface area contributed by atoms with Crippen LogP contribution >= 0.6 is 0 Å². The van der Waals surface area contributed by atoms with E-state index in [0.717, 1.165) is 41.9 Å². The van der Waals surface area contributed by atoms with E-state index in [9.17, 15) is 19.2 Å². The number of likely N-dealkylation sites (tertiary alicyclic amines) is 1. The van der Waals surface area contributed by atoms with Crippen LogP contribution in [0.4, 0.5) is 15.3 Å². The van der Waals surface area contributed by atoms with Crippen LogP contribution in [0.15, 0.2) is 45.6 Å². The molecule has 12 nitrogen and oxygen atoms in total. The van der Waals surface area contributed by atoms with Crippen LogP contribution < -0.4 is 11.1 Å². The number of hydrogen-bond donors (Lipinski definition) is 2. The predicted octanol–water partition coefficient (Wildman–Crippen LogP) is 4.51. The molecule has 3 aromatic rings. The Morgan fingerprint density at radius 3 is 2.42 bits per heavy atom. The van der Waals surface area contributed by atoms with Crippen LogP contribution in [0.3, 0.4) is 0 Å². The number of rotatable bonds is 6. The number of H-pyrrole nitrogens is 1. The number of carbonyl (C=O) groups is 3. The van der Waals surface area contributed by atoms with Crippen LogP contribution in [0.25, 0.3) is 11.1 Å². The molecule has 4 amide bonds. The van der Waals surface area contributed by atoms with Gasteiger partial charge in [0.05, 0.1) is 5.52 Å². The molecule has 1 unspecified atom stereocenters. The summed E-state index contributed by atoms with van der Waals surface area (Å²) in [4.78, 5) is 63.3. The van der Waals surface area contributed by atoms with Crippen molar-refractivity contribution < 1.29 is 23.5 Å². The third-order valence-corrected chi connectivity index (χ3v) is 10.8. The molecular weight excluding hydrogens is 612 g/mol. The monoisotopic (exact) mass is 658 g/mol. The molecule has 1 aromatic heterocycles. The molecule has 0 radical (unpaired) electrons. The molecule has 1 atom stereocenters. The number of piperidine rings is 1. The summed E-state index contributed by atoms with van der Waals surface area (Å²) < 4.78 is 11.4. The van der Waals surface area contributed by atoms with E-state index in [-0.39, 0.29) is 24.4 Å². The number of oxazole rings is 1. The Morgan fingerprint density at radius 1 is 0.896 bits per heavy atom. The minimum Gasteiger partial charge on any atom is -0.436 e. The Balaban J connectivity index is 1.01. The molecule has 1 aliphatic carbocycles. The van der Waals surface area contributed by atoms with Gasteiger partial charge in [-0.1, -0.05) is 43.5 Å². The lowest BCUT2D eigenvalue weighted by Crippen LogP contribution is -2.55. The summed E-state index contributed by atoms with van der Waals surface area (Å²) in [7, 11) is 0. The number of piperazine rings is 1. The number of fused-ring (bicyclic) bond motifs is 2. The van der Waals surface area contributed by atoms with Crippen molar-refractivity contribution in [3.63, 3.8) is 0 Å². The summed E-state index contributed by atoms with van der Waals surface area (Å²) in [6.45, 7) is 6.19. The number of urea groups is 1. The van der Waals surface area contributed by atoms with E-state index >= 15 is 0 Å². The zero-order valence-corrected chi connectivity index (χ0v) is 27.7. The quantitative estimate of drug-likeness (QED) is 0.399. The largest absolute Gasteiger partial charge is 0.436 e. The van der Waals surface area contributed by atoms with Crippen molar-refractivity contribution >= 4 is 34.8 Å². The van der Waals surface area contributed by atoms with E-state index in [4.69, 9.17) is 9.15 Å². The first-order valence-corrected chi connectivity index (χ1v) is 17.6. The Kier molecular flexibility index (Phi) is 9.43. The topological polar surface area (TPSA) is 131 Å². The fraction of sp³-hybridized carbons (Fsp3) is 0.556. The average Bonchev–Trinajstić information content (AvgIpc) is 3.40. The van der Waals surface area contributed by atoms with Gasteiger partial charge in [0.1, 0.15) is 0 Å². The zero-order valence-electron chi connectivity index (χ0n) is 27.7. The number of nitrogens with zero attached hydrogens (tertiary/aromatic N) is 4. The number of aromatic nitrogens is 1. The highest BCUT2D eigenvalue weighted by Gasteiger charge is 2.36. The number of amides is 4. The van der Waals surface area contributed by atoms with Gasteiger partial charge >= 0.3 is 17.9 Å². The van der Waals surface area contributed by atoms with Crippen LogP contribution in [-0.2, 0) is 22.4 Å². The third kappa shape index (κ3) is 6.94. The van der Waals surface area contributed by atoms with Gasteiger partial charge in [-0.15, -0.1) is 0 Å². The molecule has 12 heteroatoms. The lowest BCUT2D eigenvalue weighted by Gasteiger charge is -2.41. The van der Waals surface area contributed by atoms with Gasteiger partial charge in [-0.05, 0) is 67.9 Å². The maximum atomic E-state index is 14.1. The Labute approximate surface area is 280 Å². The molecule has 48 heavy (non-hydrogen) atoms. The van der Waals surface area contributed by atoms with Gasteiger partial charge in [-0.3, -0.25) is 14.7 Å². The lowest BCUT2D eigenvalue weighted by molar-refractivity contribution is -0.143. The number of anilines is 1. The predicted molar refractivity (Wildman–Crippen MR) is 181 cm³/mol. The number of nitrogens with one attached hydrogen (secondary N) is 2. The fourth-order valence-electron chi connectivity index (χ4n) is 8.06. The number of carbonyl (C=O) groups excluding carboxylic acids is 3. The van der Waals surface area contributed by atoms with Gasteiger partial charge in [0.2, 0.25) is 0 Å². The molecular formula is C36H46N6O6. The number of aromatic amines is 1. The van der Waals surface area contributed by atoms with Gasteiger partial charge in [0.25, 0.3) is 5.91 Å². The lowest BCUT2D eigenvalue weighted by atomic mass is 9.94. The third-order valence-electron chi connectivity index (χ3n) is 10.8. The van der Waals surface area contributed by atoms with Gasteiger partial charge < -0.3 is 29.2 Å². The fourth-order valence-corrected chi connectivity index (χ4v) is 8.06. The van der Waals surface area contributed by atoms with Crippen LogP contribution in [0, 0.1) is 6.92 Å². The van der Waals surface area contributed by atoms with Gasteiger partial charge in [0.15, 0.2) is 11.7 Å². The van der Waals surface area contributed by atoms with Crippen molar-refractivity contribution in [3.05, 3.63) is 63.6 Å². The second-order valence-corrected chi connectivity index (χ2v) is 13.8. The van der Waals surface area contributed by atoms with Gasteiger partial charge in [0, 0.05) is 70.0 Å². The van der Waals surface area contributed by atoms with Crippen LogP contribution in [-0.4, -0.2) is 107 Å². The van der Waals surface area contributed by atoms with Gasteiger partial charge in [-0.25, -0.2) is 14.4 Å². The molecule has 3 aliphatic heterocycles. The highest BCUT2D eigenvalue weighted by Crippen LogP contribution is 2.27. The first-order valence-electron chi connectivity index (χ1n) is 17.6. The van der Waals surface area contributed by atoms with E-state index in [0.29, 0.717) is 62.7 Å². The standard InChI is InChI=1S/C36H46N6O6/c1-24-21-25(22-30-32(24)38-35(45)47-30)23-31(33(43)40-19-17-39(18-20-40)27-8-3-2-4-9-27)48-36(46)41-14-12-28(13-15-41)42-16-11-26-7-5-6-10-29(26)37-34(42)44/h5-7,10,21-22,27-28,31H,2-4,8-9,11-20,23H2,1H3,(H,37,44)(H,38,45). The number of aryl methyl sites for hydroxylation is 1. The number of hydrogen-bond acceptors (Lipinski definition) is 7. The van der Waals surface area contributed by atoms with Crippen molar-refractivity contribution in [2.24, 2.45) is 0 Å². The molecule has 4 heterocycles. The summed E-state index contributed by atoms with van der Waals surface area (Å²) in [6.07, 6.45) is 6.94. The highest BCUT2D eigenvalue weighted by atomic mass is 16.6. The Morgan fingerprint density at radius 2 is 1.65 bits per heavy atom. The van der Waals surface area contributed by atoms with Crippen molar-refractivity contribution in [3.8, 4) is 0 Å². The number of ether oxygens (including phenoxy) is 1. The molecule has 2 N–H and O–H groups in total. The van der Waals surface area contributed by atoms with E-state index < -0.39 is 18.0 Å². The van der Waals surface area contributed by atoms with Crippen molar-refractivity contribution in [2.45, 2.75) is 82.9 Å². The number of benzene rings is 2.